The molecule has 0 aliphatic rings. The first kappa shape index (κ1) is 14.6. The fraction of sp³-hybridized carbons (Fsp3) is 0.200. The van der Waals surface area contributed by atoms with Crippen LogP contribution in [0.4, 0.5) is 0 Å². The van der Waals surface area contributed by atoms with E-state index < -0.39 is 0 Å². The zero-order valence-electron chi connectivity index (χ0n) is 11.4. The molecule has 0 aliphatic carbocycles. The van der Waals surface area contributed by atoms with E-state index in [1.807, 2.05) is 42.6 Å². The van der Waals surface area contributed by atoms with Crippen molar-refractivity contribution in [3.05, 3.63) is 56.7 Å². The van der Waals surface area contributed by atoms with Crippen molar-refractivity contribution in [1.29, 1.82) is 0 Å². The molecule has 0 N–H and O–H groups in total. The first-order valence-electron chi connectivity index (χ1n) is 6.55. The lowest BCUT2D eigenvalue weighted by Crippen LogP contribution is -2.21. The number of rotatable bonds is 4. The standard InChI is InChI=1S/C15H13ClN2OS2/c1-2-18-14(19)13-12(7-8-20-13)17-15(18)21-9-10-5-3-4-6-11(10)16/h3-8H,2,9H2,1H3. The molecule has 0 saturated carbocycles. The molecule has 3 rings (SSSR count). The number of nitrogens with zero attached hydrogens (tertiary/aromatic N) is 2. The van der Waals surface area contributed by atoms with Gasteiger partial charge in [0.05, 0.1) is 5.52 Å². The Kier molecular flexibility index (Phi) is 4.33. The van der Waals surface area contributed by atoms with Crippen molar-refractivity contribution in [2.24, 2.45) is 0 Å². The van der Waals surface area contributed by atoms with Gasteiger partial charge in [-0.25, -0.2) is 4.98 Å². The summed E-state index contributed by atoms with van der Waals surface area (Å²) < 4.78 is 2.44. The van der Waals surface area contributed by atoms with Gasteiger partial charge in [-0.2, -0.15) is 0 Å². The summed E-state index contributed by atoms with van der Waals surface area (Å²) in [5.41, 5.74) is 1.86. The number of benzene rings is 1. The summed E-state index contributed by atoms with van der Waals surface area (Å²) in [6.45, 7) is 2.58. The minimum atomic E-state index is 0.0409. The van der Waals surface area contributed by atoms with E-state index in [1.165, 1.54) is 11.3 Å². The lowest BCUT2D eigenvalue weighted by molar-refractivity contribution is 0.635. The van der Waals surface area contributed by atoms with Crippen LogP contribution >= 0.6 is 34.7 Å². The zero-order chi connectivity index (χ0) is 14.8. The molecule has 3 nitrogen and oxygen atoms in total. The molecule has 3 aromatic rings. The predicted octanol–water partition coefficient (Wildman–Crippen LogP) is 4.42. The Balaban J connectivity index is 1.97. The van der Waals surface area contributed by atoms with E-state index in [-0.39, 0.29) is 5.56 Å². The summed E-state index contributed by atoms with van der Waals surface area (Å²) in [4.78, 5) is 17.0. The van der Waals surface area contributed by atoms with Crippen molar-refractivity contribution in [2.45, 2.75) is 24.4 Å². The molecule has 2 heterocycles. The molecule has 0 atom stereocenters. The number of aromatic nitrogens is 2. The van der Waals surface area contributed by atoms with E-state index >= 15 is 0 Å². The normalized spacial score (nSPS) is 11.1. The van der Waals surface area contributed by atoms with Gasteiger partial charge < -0.3 is 0 Å². The van der Waals surface area contributed by atoms with E-state index in [4.69, 9.17) is 11.6 Å². The lowest BCUT2D eigenvalue weighted by atomic mass is 10.2. The number of thioether (sulfide) groups is 1. The molecular formula is C15H13ClN2OS2. The van der Waals surface area contributed by atoms with Crippen LogP contribution in [0, 0.1) is 0 Å². The molecule has 0 spiro atoms. The summed E-state index contributed by atoms with van der Waals surface area (Å²) in [7, 11) is 0. The van der Waals surface area contributed by atoms with Crippen LogP contribution in [0.1, 0.15) is 12.5 Å². The highest BCUT2D eigenvalue weighted by Gasteiger charge is 2.12. The third-order valence-electron chi connectivity index (χ3n) is 3.16. The average molecular weight is 337 g/mol. The second kappa shape index (κ2) is 6.22. The van der Waals surface area contributed by atoms with Crippen LogP contribution in [0.15, 0.2) is 45.7 Å². The maximum atomic E-state index is 12.4. The van der Waals surface area contributed by atoms with Crippen molar-refractivity contribution in [3.8, 4) is 0 Å². The topological polar surface area (TPSA) is 34.9 Å². The number of halogens is 1. The predicted molar refractivity (Wildman–Crippen MR) is 90.6 cm³/mol. The molecule has 0 amide bonds. The van der Waals surface area contributed by atoms with Gasteiger partial charge >= 0.3 is 0 Å². The van der Waals surface area contributed by atoms with Crippen LogP contribution in [0.2, 0.25) is 5.02 Å². The smallest absolute Gasteiger partial charge is 0.272 e. The third-order valence-corrected chi connectivity index (χ3v) is 5.45. The quantitative estimate of drug-likeness (QED) is 0.522. The Morgan fingerprint density at radius 1 is 1.33 bits per heavy atom. The number of thiophene rings is 1. The summed E-state index contributed by atoms with van der Waals surface area (Å²) in [6.07, 6.45) is 0. The Morgan fingerprint density at radius 2 is 2.14 bits per heavy atom. The molecular weight excluding hydrogens is 324 g/mol. The number of fused-ring (bicyclic) bond motifs is 1. The van der Waals surface area contributed by atoms with E-state index in [9.17, 15) is 4.79 Å². The molecule has 0 bridgehead atoms. The maximum Gasteiger partial charge on any atom is 0.272 e. The first-order chi connectivity index (χ1) is 10.2. The summed E-state index contributed by atoms with van der Waals surface area (Å²) >= 11 is 9.16. The molecule has 0 unspecified atom stereocenters. The first-order valence-corrected chi connectivity index (χ1v) is 8.79. The van der Waals surface area contributed by atoms with Crippen molar-refractivity contribution < 1.29 is 0 Å². The van der Waals surface area contributed by atoms with E-state index in [0.717, 1.165) is 26.0 Å². The second-order valence-electron chi connectivity index (χ2n) is 4.46. The Bertz CT molecular complexity index is 841. The molecule has 1 aromatic carbocycles. The second-order valence-corrected chi connectivity index (χ2v) is 6.72. The summed E-state index contributed by atoms with van der Waals surface area (Å²) in [5, 5.41) is 3.39. The molecule has 2 aromatic heterocycles. The maximum absolute atomic E-state index is 12.4. The van der Waals surface area contributed by atoms with E-state index in [1.54, 1.807) is 16.3 Å². The lowest BCUT2D eigenvalue weighted by Gasteiger charge is -2.10. The Labute approximate surface area is 135 Å². The van der Waals surface area contributed by atoms with Crippen LogP contribution in [-0.2, 0) is 12.3 Å². The zero-order valence-corrected chi connectivity index (χ0v) is 13.8. The minimum Gasteiger partial charge on any atom is -0.287 e. The minimum absolute atomic E-state index is 0.0409. The van der Waals surface area contributed by atoms with Crippen LogP contribution in [0.3, 0.4) is 0 Å². The van der Waals surface area contributed by atoms with Gasteiger partial charge in [-0.15, -0.1) is 11.3 Å². The summed E-state index contributed by atoms with van der Waals surface area (Å²) in [6, 6.07) is 9.63. The highest BCUT2D eigenvalue weighted by Crippen LogP contribution is 2.26. The van der Waals surface area contributed by atoms with Crippen LogP contribution in [0.5, 0.6) is 0 Å². The van der Waals surface area contributed by atoms with Gasteiger partial charge in [-0.1, -0.05) is 41.6 Å². The average Bonchev–Trinajstić information content (AvgIpc) is 2.95. The third kappa shape index (κ3) is 2.86. The van der Waals surface area contributed by atoms with Gasteiger partial charge in [0.25, 0.3) is 5.56 Å². The van der Waals surface area contributed by atoms with Crippen LogP contribution in [0.25, 0.3) is 10.2 Å². The molecule has 0 aliphatic heterocycles. The van der Waals surface area contributed by atoms with Crippen LogP contribution in [-0.4, -0.2) is 9.55 Å². The van der Waals surface area contributed by atoms with Crippen LogP contribution < -0.4 is 5.56 Å². The van der Waals surface area contributed by atoms with Gasteiger partial charge in [-0.3, -0.25) is 9.36 Å². The van der Waals surface area contributed by atoms with Crippen molar-refractivity contribution in [1.82, 2.24) is 9.55 Å². The molecule has 108 valence electrons. The monoisotopic (exact) mass is 336 g/mol. The van der Waals surface area contributed by atoms with Crippen molar-refractivity contribution in [2.75, 3.05) is 0 Å². The molecule has 21 heavy (non-hydrogen) atoms. The van der Waals surface area contributed by atoms with E-state index in [2.05, 4.69) is 4.98 Å². The SMILES string of the molecule is CCn1c(SCc2ccccc2Cl)nc2ccsc2c1=O. The van der Waals surface area contributed by atoms with Gasteiger partial charge in [0.1, 0.15) is 4.70 Å². The molecule has 0 fully saturated rings. The van der Waals surface area contributed by atoms with Gasteiger partial charge in [-0.05, 0) is 30.0 Å². The molecule has 0 radical (unpaired) electrons. The van der Waals surface area contributed by atoms with Crippen molar-refractivity contribution >= 4 is 44.9 Å². The van der Waals surface area contributed by atoms with Crippen molar-refractivity contribution in [3.63, 3.8) is 0 Å². The fourth-order valence-electron chi connectivity index (χ4n) is 2.07. The number of hydrogen-bond acceptors (Lipinski definition) is 4. The molecule has 6 heteroatoms. The molecule has 0 saturated heterocycles. The van der Waals surface area contributed by atoms with E-state index in [0.29, 0.717) is 12.3 Å². The largest absolute Gasteiger partial charge is 0.287 e. The van der Waals surface area contributed by atoms with Gasteiger partial charge in [0.2, 0.25) is 0 Å². The van der Waals surface area contributed by atoms with Gasteiger partial charge in [0.15, 0.2) is 5.16 Å². The highest BCUT2D eigenvalue weighted by molar-refractivity contribution is 7.98. The summed E-state index contributed by atoms with van der Waals surface area (Å²) in [5.74, 6) is 0.696. The fourth-order valence-corrected chi connectivity index (χ4v) is 4.20. The number of hydrogen-bond donors (Lipinski definition) is 0. The Hall–Kier alpha value is -1.30. The highest BCUT2D eigenvalue weighted by atomic mass is 35.5. The Morgan fingerprint density at radius 3 is 2.90 bits per heavy atom. The van der Waals surface area contributed by atoms with Gasteiger partial charge in [0, 0.05) is 17.3 Å².